The monoisotopic (exact) mass is 263 g/mol. The van der Waals surface area contributed by atoms with Crippen LogP contribution >= 0.6 is 0 Å². The van der Waals surface area contributed by atoms with E-state index in [1.54, 1.807) is 6.07 Å². The highest BCUT2D eigenvalue weighted by Gasteiger charge is 2.11. The fraction of sp³-hybridized carbons (Fsp3) is 0.0714. The van der Waals surface area contributed by atoms with Crippen molar-refractivity contribution in [2.24, 2.45) is 0 Å². The molecule has 0 aliphatic carbocycles. The first kappa shape index (κ1) is 13.0. The van der Waals surface area contributed by atoms with Crippen LogP contribution in [-0.2, 0) is 4.74 Å². The van der Waals surface area contributed by atoms with Crippen molar-refractivity contribution in [3.63, 3.8) is 0 Å². The van der Waals surface area contributed by atoms with E-state index >= 15 is 0 Å². The third kappa shape index (κ3) is 2.54. The van der Waals surface area contributed by atoms with Crippen LogP contribution in [0.2, 0.25) is 0 Å². The van der Waals surface area contributed by atoms with E-state index in [-0.39, 0.29) is 11.3 Å². The summed E-state index contributed by atoms with van der Waals surface area (Å²) in [7, 11) is 1.25. The lowest BCUT2D eigenvalue weighted by atomic mass is 10.0. The van der Waals surface area contributed by atoms with Crippen molar-refractivity contribution in [1.82, 2.24) is 0 Å². The molecule has 0 unspecified atom stereocenters. The summed E-state index contributed by atoms with van der Waals surface area (Å²) in [6.07, 6.45) is 0. The Bertz CT molecular complexity index is 641. The maximum absolute atomic E-state index is 13.1. The van der Waals surface area contributed by atoms with Gasteiger partial charge in [-0.05, 0) is 35.4 Å². The number of nitrogens with two attached hydrogens (primary N) is 1. The van der Waals surface area contributed by atoms with Crippen LogP contribution in [0.15, 0.2) is 36.4 Å². The number of methoxy groups -OCH3 is 1. The number of ether oxygens (including phenoxy) is 1. The number of carbonyl (C=O) groups is 1. The van der Waals surface area contributed by atoms with Gasteiger partial charge in [0.1, 0.15) is 0 Å². The quantitative estimate of drug-likeness (QED) is 0.669. The van der Waals surface area contributed by atoms with Gasteiger partial charge in [-0.3, -0.25) is 0 Å². The van der Waals surface area contributed by atoms with Crippen LogP contribution in [0.1, 0.15) is 10.4 Å². The van der Waals surface area contributed by atoms with Gasteiger partial charge in [0, 0.05) is 5.69 Å². The number of nitrogen functional groups attached to an aromatic ring is 1. The lowest BCUT2D eigenvalue weighted by Gasteiger charge is -2.07. The minimum Gasteiger partial charge on any atom is -0.465 e. The van der Waals surface area contributed by atoms with Crippen molar-refractivity contribution in [2.45, 2.75) is 0 Å². The molecule has 0 spiro atoms. The molecule has 2 aromatic carbocycles. The van der Waals surface area contributed by atoms with Crippen LogP contribution in [0.5, 0.6) is 0 Å². The van der Waals surface area contributed by atoms with Gasteiger partial charge in [-0.15, -0.1) is 0 Å². The van der Waals surface area contributed by atoms with Crippen molar-refractivity contribution in [3.8, 4) is 11.1 Å². The first-order valence-electron chi connectivity index (χ1n) is 5.46. The molecule has 19 heavy (non-hydrogen) atoms. The summed E-state index contributed by atoms with van der Waals surface area (Å²) >= 11 is 0. The predicted octanol–water partition coefficient (Wildman–Crippen LogP) is 3.00. The molecule has 0 amide bonds. The Kier molecular flexibility index (Phi) is 3.46. The number of hydrogen-bond acceptors (Lipinski definition) is 3. The summed E-state index contributed by atoms with van der Waals surface area (Å²) in [6.45, 7) is 0. The average molecular weight is 263 g/mol. The first-order valence-corrected chi connectivity index (χ1v) is 5.46. The topological polar surface area (TPSA) is 52.3 Å². The number of halogens is 2. The zero-order valence-corrected chi connectivity index (χ0v) is 10.1. The molecule has 0 atom stereocenters. The minimum atomic E-state index is -0.937. The van der Waals surface area contributed by atoms with E-state index in [2.05, 4.69) is 4.74 Å². The smallest absolute Gasteiger partial charge is 0.339 e. The maximum Gasteiger partial charge on any atom is 0.339 e. The number of esters is 1. The van der Waals surface area contributed by atoms with E-state index in [4.69, 9.17) is 5.73 Å². The van der Waals surface area contributed by atoms with Gasteiger partial charge in [0.05, 0.1) is 12.7 Å². The van der Waals surface area contributed by atoms with Crippen LogP contribution < -0.4 is 5.73 Å². The Morgan fingerprint density at radius 3 is 2.26 bits per heavy atom. The van der Waals surface area contributed by atoms with Crippen molar-refractivity contribution in [1.29, 1.82) is 0 Å². The van der Waals surface area contributed by atoms with E-state index in [0.29, 0.717) is 11.1 Å². The molecule has 0 fully saturated rings. The molecule has 0 aliphatic heterocycles. The maximum atomic E-state index is 13.1. The molecule has 0 saturated carbocycles. The SMILES string of the molecule is COC(=O)c1ccc(-c2ccc(F)c(F)c2)cc1N. The summed E-state index contributed by atoms with van der Waals surface area (Å²) in [5, 5.41) is 0. The fourth-order valence-electron chi connectivity index (χ4n) is 1.71. The van der Waals surface area contributed by atoms with E-state index in [9.17, 15) is 13.6 Å². The fourth-order valence-corrected chi connectivity index (χ4v) is 1.71. The van der Waals surface area contributed by atoms with Gasteiger partial charge in [0.25, 0.3) is 0 Å². The van der Waals surface area contributed by atoms with Crippen LogP contribution in [0, 0.1) is 11.6 Å². The lowest BCUT2D eigenvalue weighted by molar-refractivity contribution is 0.0602. The minimum absolute atomic E-state index is 0.217. The van der Waals surface area contributed by atoms with Crippen LogP contribution in [0.4, 0.5) is 14.5 Å². The predicted molar refractivity (Wildman–Crippen MR) is 67.5 cm³/mol. The summed E-state index contributed by atoms with van der Waals surface area (Å²) in [5.41, 5.74) is 7.24. The van der Waals surface area contributed by atoms with Crippen LogP contribution in [0.25, 0.3) is 11.1 Å². The second-order valence-electron chi connectivity index (χ2n) is 3.92. The summed E-state index contributed by atoms with van der Waals surface area (Å²) in [5.74, 6) is -2.40. The van der Waals surface area contributed by atoms with Crippen LogP contribution in [-0.4, -0.2) is 13.1 Å². The summed E-state index contributed by atoms with van der Waals surface area (Å²) in [6, 6.07) is 8.13. The number of benzene rings is 2. The molecule has 2 rings (SSSR count). The average Bonchev–Trinajstić information content (AvgIpc) is 2.41. The van der Waals surface area contributed by atoms with Crippen molar-refractivity contribution in [2.75, 3.05) is 12.8 Å². The van der Waals surface area contributed by atoms with Gasteiger partial charge >= 0.3 is 5.97 Å². The van der Waals surface area contributed by atoms with Crippen molar-refractivity contribution in [3.05, 3.63) is 53.6 Å². The van der Waals surface area contributed by atoms with Gasteiger partial charge in [-0.1, -0.05) is 12.1 Å². The van der Waals surface area contributed by atoms with Gasteiger partial charge < -0.3 is 10.5 Å². The molecule has 0 aromatic heterocycles. The zero-order valence-electron chi connectivity index (χ0n) is 10.1. The van der Waals surface area contributed by atoms with Crippen molar-refractivity contribution < 1.29 is 18.3 Å². The molecule has 2 aromatic rings. The second-order valence-corrected chi connectivity index (χ2v) is 3.92. The molecule has 0 saturated heterocycles. The van der Waals surface area contributed by atoms with E-state index in [1.807, 2.05) is 0 Å². The van der Waals surface area contributed by atoms with E-state index in [1.165, 1.54) is 25.3 Å². The second kappa shape index (κ2) is 5.06. The number of hydrogen-bond donors (Lipinski definition) is 1. The molecular weight excluding hydrogens is 252 g/mol. The molecule has 0 heterocycles. The third-order valence-electron chi connectivity index (χ3n) is 2.71. The number of anilines is 1. The molecule has 3 nitrogen and oxygen atoms in total. The zero-order chi connectivity index (χ0) is 14.0. The number of carbonyl (C=O) groups excluding carboxylic acids is 1. The highest BCUT2D eigenvalue weighted by atomic mass is 19.2. The van der Waals surface area contributed by atoms with Gasteiger partial charge in [-0.25, -0.2) is 13.6 Å². The molecule has 0 bridgehead atoms. The molecule has 0 aliphatic rings. The Labute approximate surface area is 108 Å². The van der Waals surface area contributed by atoms with Crippen molar-refractivity contribution >= 4 is 11.7 Å². The van der Waals surface area contributed by atoms with Gasteiger partial charge in [0.15, 0.2) is 11.6 Å². The highest BCUT2D eigenvalue weighted by molar-refractivity contribution is 5.96. The summed E-state index contributed by atoms with van der Waals surface area (Å²) in [4.78, 5) is 11.4. The molecule has 5 heteroatoms. The Balaban J connectivity index is 2.44. The first-order chi connectivity index (χ1) is 9.02. The van der Waals surface area contributed by atoms with Gasteiger partial charge in [-0.2, -0.15) is 0 Å². The molecule has 98 valence electrons. The Hall–Kier alpha value is -2.43. The molecule has 0 radical (unpaired) electrons. The Morgan fingerprint density at radius 2 is 1.68 bits per heavy atom. The van der Waals surface area contributed by atoms with E-state index < -0.39 is 17.6 Å². The number of rotatable bonds is 2. The van der Waals surface area contributed by atoms with Crippen LogP contribution in [0.3, 0.4) is 0 Å². The highest BCUT2D eigenvalue weighted by Crippen LogP contribution is 2.25. The molecule has 2 N–H and O–H groups in total. The largest absolute Gasteiger partial charge is 0.465 e. The standard InChI is InChI=1S/C14H11F2NO2/c1-19-14(18)10-4-2-9(7-13(10)17)8-3-5-11(15)12(16)6-8/h2-7H,17H2,1H3. The normalized spacial score (nSPS) is 10.3. The molecular formula is C14H11F2NO2. The Morgan fingerprint density at radius 1 is 1.05 bits per heavy atom. The van der Waals surface area contributed by atoms with E-state index in [0.717, 1.165) is 12.1 Å². The third-order valence-corrected chi connectivity index (χ3v) is 2.71. The summed E-state index contributed by atoms with van der Waals surface area (Å²) < 4.78 is 30.6. The lowest BCUT2D eigenvalue weighted by Crippen LogP contribution is -2.05. The van der Waals surface area contributed by atoms with Gasteiger partial charge in [0.2, 0.25) is 0 Å².